The maximum absolute atomic E-state index is 12.9. The molecular weight excluding hydrogens is 378 g/mol. The molecule has 1 fully saturated rings. The molecule has 0 unspecified atom stereocenters. The van der Waals surface area contributed by atoms with E-state index in [1.165, 1.54) is 0 Å². The molecule has 2 bridgehead atoms. The first kappa shape index (κ1) is 20.9. The number of carbonyl (C=O) groups is 1. The Labute approximate surface area is 167 Å². The van der Waals surface area contributed by atoms with Crippen molar-refractivity contribution in [3.63, 3.8) is 0 Å². The summed E-state index contributed by atoms with van der Waals surface area (Å²) in [6, 6.07) is 3.40. The zero-order chi connectivity index (χ0) is 20.7. The zero-order valence-electron chi connectivity index (χ0n) is 17.2. The first-order valence-electron chi connectivity index (χ1n) is 10.0. The highest BCUT2D eigenvalue weighted by Crippen LogP contribution is 2.36. The number of aromatic nitrogens is 1. The Kier molecular flexibility index (Phi) is 5.62. The third kappa shape index (κ3) is 4.59. The van der Waals surface area contributed by atoms with Gasteiger partial charge in [-0.3, -0.25) is 14.3 Å². The van der Waals surface area contributed by atoms with Crippen LogP contribution in [0.25, 0.3) is 0 Å². The van der Waals surface area contributed by atoms with E-state index in [0.29, 0.717) is 32.5 Å². The molecule has 0 spiro atoms. The lowest BCUT2D eigenvalue weighted by Crippen LogP contribution is -2.49. The normalized spacial score (nSPS) is 21.9. The minimum absolute atomic E-state index is 0.00963. The standard InChI is InChI=1S/C20H31N3O4S/c1-5-8-28(26,27)21-16-6-7-17-15-9-14(12-23(17)19(16)25)11-22(13-15)18(24)10-20(2,3)4/h6-7,14-15,21H,5,8-13H2,1-4H3/t14-,15-/m1/s1. The van der Waals surface area contributed by atoms with Gasteiger partial charge in [0.15, 0.2) is 0 Å². The molecule has 28 heavy (non-hydrogen) atoms. The zero-order valence-corrected chi connectivity index (χ0v) is 18.0. The van der Waals surface area contributed by atoms with Crippen LogP contribution in [-0.2, 0) is 21.4 Å². The van der Waals surface area contributed by atoms with Gasteiger partial charge < -0.3 is 9.47 Å². The maximum atomic E-state index is 12.9. The molecule has 1 aromatic rings. The van der Waals surface area contributed by atoms with Gasteiger partial charge in [-0.1, -0.05) is 27.7 Å². The largest absolute Gasteiger partial charge is 0.342 e. The maximum Gasteiger partial charge on any atom is 0.275 e. The van der Waals surface area contributed by atoms with Crippen molar-refractivity contribution in [2.75, 3.05) is 23.6 Å². The number of pyridine rings is 1. The number of nitrogens with one attached hydrogen (secondary N) is 1. The fraction of sp³-hybridized carbons (Fsp3) is 0.700. The van der Waals surface area contributed by atoms with E-state index in [9.17, 15) is 18.0 Å². The SMILES string of the molecule is CCCS(=O)(=O)Nc1ccc2n(c1=O)C[C@@H]1C[C@@H]2CN(C(=O)CC(C)(C)C)C1. The van der Waals surface area contributed by atoms with Gasteiger partial charge in [-0.15, -0.1) is 0 Å². The van der Waals surface area contributed by atoms with E-state index in [2.05, 4.69) is 25.5 Å². The highest BCUT2D eigenvalue weighted by Gasteiger charge is 2.37. The number of amides is 1. The topological polar surface area (TPSA) is 88.5 Å². The molecule has 1 aromatic heterocycles. The summed E-state index contributed by atoms with van der Waals surface area (Å²) in [6.45, 7) is 9.76. The molecule has 2 aliphatic rings. The molecule has 2 aliphatic heterocycles. The molecule has 3 rings (SSSR count). The Bertz CT molecular complexity index is 914. The van der Waals surface area contributed by atoms with E-state index < -0.39 is 10.0 Å². The molecule has 1 N–H and O–H groups in total. The summed E-state index contributed by atoms with van der Waals surface area (Å²) >= 11 is 0. The predicted octanol–water partition coefficient (Wildman–Crippen LogP) is 2.38. The fourth-order valence-corrected chi connectivity index (χ4v) is 5.41. The van der Waals surface area contributed by atoms with Gasteiger partial charge in [0.2, 0.25) is 15.9 Å². The molecule has 156 valence electrons. The van der Waals surface area contributed by atoms with E-state index in [-0.39, 0.29) is 40.2 Å². The van der Waals surface area contributed by atoms with Crippen LogP contribution in [0, 0.1) is 11.3 Å². The van der Waals surface area contributed by atoms with Crippen molar-refractivity contribution in [3.8, 4) is 0 Å². The van der Waals surface area contributed by atoms with Crippen LogP contribution in [0.4, 0.5) is 5.69 Å². The van der Waals surface area contributed by atoms with Crippen molar-refractivity contribution >= 4 is 21.6 Å². The number of sulfonamides is 1. The van der Waals surface area contributed by atoms with E-state index >= 15 is 0 Å². The Morgan fingerprint density at radius 2 is 1.93 bits per heavy atom. The summed E-state index contributed by atoms with van der Waals surface area (Å²) in [5.41, 5.74) is 0.662. The lowest BCUT2D eigenvalue weighted by Gasteiger charge is -2.43. The number of carbonyl (C=O) groups excluding carboxylic acids is 1. The molecule has 8 heteroatoms. The summed E-state index contributed by atoms with van der Waals surface area (Å²) in [4.78, 5) is 27.5. The molecule has 0 aliphatic carbocycles. The number of hydrogen-bond donors (Lipinski definition) is 1. The van der Waals surface area contributed by atoms with Crippen molar-refractivity contribution in [1.82, 2.24) is 9.47 Å². The van der Waals surface area contributed by atoms with Gasteiger partial charge in [0.25, 0.3) is 5.56 Å². The van der Waals surface area contributed by atoms with Gasteiger partial charge in [-0.05, 0) is 36.3 Å². The van der Waals surface area contributed by atoms with Gasteiger partial charge >= 0.3 is 0 Å². The average molecular weight is 410 g/mol. The molecule has 7 nitrogen and oxygen atoms in total. The number of rotatable bonds is 5. The van der Waals surface area contributed by atoms with Gasteiger partial charge in [0, 0.05) is 37.7 Å². The van der Waals surface area contributed by atoms with Gasteiger partial charge in [-0.25, -0.2) is 8.42 Å². The number of hydrogen-bond acceptors (Lipinski definition) is 4. The number of nitrogens with zero attached hydrogens (tertiary/aromatic N) is 2. The smallest absolute Gasteiger partial charge is 0.275 e. The molecular formula is C20H31N3O4S. The Hall–Kier alpha value is -1.83. The first-order valence-corrected chi connectivity index (χ1v) is 11.7. The summed E-state index contributed by atoms with van der Waals surface area (Å²) in [6.07, 6.45) is 1.96. The molecule has 1 amide bonds. The van der Waals surface area contributed by atoms with Crippen LogP contribution in [0.1, 0.15) is 58.6 Å². The lowest BCUT2D eigenvalue weighted by molar-refractivity contribution is -0.135. The van der Waals surface area contributed by atoms with E-state index in [4.69, 9.17) is 0 Å². The molecule has 0 saturated carbocycles. The van der Waals surface area contributed by atoms with Gasteiger partial charge in [0.05, 0.1) is 5.75 Å². The second kappa shape index (κ2) is 7.54. The molecule has 0 radical (unpaired) electrons. The van der Waals surface area contributed by atoms with Crippen LogP contribution in [0.3, 0.4) is 0 Å². The van der Waals surface area contributed by atoms with Gasteiger partial charge in [-0.2, -0.15) is 0 Å². The van der Waals surface area contributed by atoms with E-state index in [1.54, 1.807) is 17.6 Å². The Morgan fingerprint density at radius 3 is 2.57 bits per heavy atom. The molecule has 1 saturated heterocycles. The van der Waals surface area contributed by atoms with Crippen molar-refractivity contribution in [1.29, 1.82) is 0 Å². The van der Waals surface area contributed by atoms with Crippen molar-refractivity contribution in [2.24, 2.45) is 11.3 Å². The predicted molar refractivity (Wildman–Crippen MR) is 110 cm³/mol. The highest BCUT2D eigenvalue weighted by molar-refractivity contribution is 7.92. The summed E-state index contributed by atoms with van der Waals surface area (Å²) in [5.74, 6) is 0.493. The van der Waals surface area contributed by atoms with Crippen LogP contribution in [0.15, 0.2) is 16.9 Å². The average Bonchev–Trinajstić information content (AvgIpc) is 2.56. The number of likely N-dealkylation sites (tertiary alicyclic amines) is 1. The quantitative estimate of drug-likeness (QED) is 0.809. The Morgan fingerprint density at radius 1 is 1.21 bits per heavy atom. The molecule has 3 heterocycles. The number of piperidine rings is 1. The minimum atomic E-state index is -3.51. The van der Waals surface area contributed by atoms with Crippen molar-refractivity contribution in [3.05, 3.63) is 28.2 Å². The lowest BCUT2D eigenvalue weighted by atomic mass is 9.82. The number of anilines is 1. The summed E-state index contributed by atoms with van der Waals surface area (Å²) < 4.78 is 28.2. The van der Waals surface area contributed by atoms with Crippen molar-refractivity contribution in [2.45, 2.75) is 59.4 Å². The van der Waals surface area contributed by atoms with E-state index in [1.807, 2.05) is 11.0 Å². The second-order valence-electron chi connectivity index (χ2n) is 9.34. The third-order valence-corrected chi connectivity index (χ3v) is 6.85. The van der Waals surface area contributed by atoms with Crippen LogP contribution >= 0.6 is 0 Å². The minimum Gasteiger partial charge on any atom is -0.342 e. The van der Waals surface area contributed by atoms with Crippen molar-refractivity contribution < 1.29 is 13.2 Å². The first-order chi connectivity index (χ1) is 13.0. The van der Waals surface area contributed by atoms with Crippen LogP contribution in [0.2, 0.25) is 0 Å². The molecule has 2 atom stereocenters. The van der Waals surface area contributed by atoms with Gasteiger partial charge in [0.1, 0.15) is 5.69 Å². The highest BCUT2D eigenvalue weighted by atomic mass is 32.2. The summed E-state index contributed by atoms with van der Waals surface area (Å²) in [5, 5.41) is 0. The van der Waals surface area contributed by atoms with Crippen LogP contribution in [0.5, 0.6) is 0 Å². The third-order valence-electron chi connectivity index (χ3n) is 5.38. The number of fused-ring (bicyclic) bond motifs is 4. The fourth-order valence-electron chi connectivity index (χ4n) is 4.28. The second-order valence-corrected chi connectivity index (χ2v) is 11.2. The van der Waals surface area contributed by atoms with E-state index in [0.717, 1.165) is 12.1 Å². The monoisotopic (exact) mass is 409 g/mol. The summed E-state index contributed by atoms with van der Waals surface area (Å²) in [7, 11) is -3.51. The molecule has 0 aromatic carbocycles. The Balaban J connectivity index is 1.83. The van der Waals surface area contributed by atoms with Crippen LogP contribution < -0.4 is 10.3 Å². The van der Waals surface area contributed by atoms with Crippen LogP contribution in [-0.4, -0.2) is 42.6 Å².